The molecule has 0 fully saturated rings. The zero-order valence-corrected chi connectivity index (χ0v) is 18.4. The molecule has 4 rings (SSSR count). The number of carbonyl (C=O) groups excluding carboxylic acids is 2. The second-order valence-electron chi connectivity index (χ2n) is 6.63. The molecule has 0 radical (unpaired) electrons. The molecule has 0 spiro atoms. The number of hydrogen-bond acceptors (Lipinski definition) is 5. The van der Waals surface area contributed by atoms with Crippen molar-refractivity contribution in [1.82, 2.24) is 4.57 Å². The van der Waals surface area contributed by atoms with Gasteiger partial charge >= 0.3 is 5.97 Å². The molecule has 5 nitrogen and oxygen atoms in total. The maximum atomic E-state index is 13.0. The van der Waals surface area contributed by atoms with Gasteiger partial charge in [0.15, 0.2) is 4.80 Å². The molecule has 0 saturated carbocycles. The molecule has 1 amide bonds. The van der Waals surface area contributed by atoms with E-state index in [1.165, 1.54) is 29.8 Å². The van der Waals surface area contributed by atoms with Gasteiger partial charge in [0.1, 0.15) is 11.4 Å². The summed E-state index contributed by atoms with van der Waals surface area (Å²) in [6, 6.07) is 11.7. The summed E-state index contributed by atoms with van der Waals surface area (Å²) in [6.45, 7) is 3.96. The second-order valence-corrected chi connectivity index (χ2v) is 9.07. The van der Waals surface area contributed by atoms with E-state index in [2.05, 4.69) is 4.99 Å². The van der Waals surface area contributed by atoms with Crippen LogP contribution in [0, 0.1) is 13.8 Å². The number of ether oxygens (including phenoxy) is 1. The maximum absolute atomic E-state index is 13.0. The van der Waals surface area contributed by atoms with Crippen LogP contribution in [0.2, 0.25) is 5.02 Å². The van der Waals surface area contributed by atoms with E-state index in [0.29, 0.717) is 14.7 Å². The summed E-state index contributed by atoms with van der Waals surface area (Å²) >= 11 is 9.13. The number of nitrogens with zero attached hydrogens (tertiary/aromatic N) is 2. The number of thiazole rings is 1. The number of benzene rings is 2. The summed E-state index contributed by atoms with van der Waals surface area (Å²) in [4.78, 5) is 30.1. The third-order valence-corrected chi connectivity index (χ3v) is 7.24. The minimum absolute atomic E-state index is 0.0212. The molecule has 0 aliphatic heterocycles. The lowest BCUT2D eigenvalue weighted by atomic mass is 10.1. The van der Waals surface area contributed by atoms with Crippen LogP contribution < -0.4 is 4.80 Å². The molecule has 29 heavy (non-hydrogen) atoms. The van der Waals surface area contributed by atoms with Gasteiger partial charge in [0.25, 0.3) is 5.91 Å². The van der Waals surface area contributed by atoms with E-state index in [4.69, 9.17) is 16.3 Å². The summed E-state index contributed by atoms with van der Waals surface area (Å²) in [5, 5.41) is 1.25. The fourth-order valence-corrected chi connectivity index (χ4v) is 5.91. The van der Waals surface area contributed by atoms with Gasteiger partial charge in [-0.1, -0.05) is 47.2 Å². The van der Waals surface area contributed by atoms with Crippen LogP contribution in [0.5, 0.6) is 0 Å². The smallest absolute Gasteiger partial charge is 0.325 e. The Bertz CT molecular complexity index is 1350. The fourth-order valence-electron chi connectivity index (χ4n) is 3.31. The number of fused-ring (bicyclic) bond motifs is 2. The summed E-state index contributed by atoms with van der Waals surface area (Å²) < 4.78 is 8.47. The molecule has 4 aromatic rings. The lowest BCUT2D eigenvalue weighted by Crippen LogP contribution is -2.22. The lowest BCUT2D eigenvalue weighted by Gasteiger charge is -2.06. The predicted octanol–water partition coefficient (Wildman–Crippen LogP) is 5.10. The summed E-state index contributed by atoms with van der Waals surface area (Å²) in [6.07, 6.45) is 0. The summed E-state index contributed by atoms with van der Waals surface area (Å²) in [7, 11) is 1.34. The summed E-state index contributed by atoms with van der Waals surface area (Å²) in [5.74, 6) is -0.825. The Kier molecular flexibility index (Phi) is 5.29. The van der Waals surface area contributed by atoms with E-state index in [0.717, 1.165) is 31.4 Å². The number of aromatic nitrogens is 1. The first-order chi connectivity index (χ1) is 13.9. The van der Waals surface area contributed by atoms with Crippen molar-refractivity contribution < 1.29 is 14.3 Å². The van der Waals surface area contributed by atoms with Crippen LogP contribution in [-0.2, 0) is 16.1 Å². The Hall–Kier alpha value is -2.48. The van der Waals surface area contributed by atoms with Crippen molar-refractivity contribution >= 4 is 66.5 Å². The van der Waals surface area contributed by atoms with Crippen LogP contribution in [0.4, 0.5) is 0 Å². The van der Waals surface area contributed by atoms with E-state index < -0.39 is 11.9 Å². The molecule has 148 valence electrons. The van der Waals surface area contributed by atoms with E-state index in [-0.39, 0.29) is 6.54 Å². The Morgan fingerprint density at radius 3 is 2.62 bits per heavy atom. The molecule has 2 aromatic heterocycles. The number of halogens is 1. The van der Waals surface area contributed by atoms with E-state index in [1.54, 1.807) is 4.57 Å². The van der Waals surface area contributed by atoms with Crippen molar-refractivity contribution in [3.05, 3.63) is 62.2 Å². The number of thiophene rings is 1. The molecule has 0 aliphatic rings. The van der Waals surface area contributed by atoms with Gasteiger partial charge in [-0.25, -0.2) is 0 Å². The number of rotatable bonds is 3. The van der Waals surface area contributed by atoms with Crippen molar-refractivity contribution in [3.63, 3.8) is 0 Å². The first-order valence-electron chi connectivity index (χ1n) is 8.82. The van der Waals surface area contributed by atoms with Crippen molar-refractivity contribution in [2.75, 3.05) is 7.11 Å². The molecule has 0 N–H and O–H groups in total. The molecule has 0 aliphatic carbocycles. The molecule has 0 bridgehead atoms. The Balaban J connectivity index is 1.91. The number of hydrogen-bond donors (Lipinski definition) is 0. The van der Waals surface area contributed by atoms with E-state index in [9.17, 15) is 9.59 Å². The van der Waals surface area contributed by atoms with Crippen molar-refractivity contribution in [2.24, 2.45) is 4.99 Å². The number of aryl methyl sites for hydroxylation is 2. The zero-order chi connectivity index (χ0) is 20.7. The van der Waals surface area contributed by atoms with Crippen LogP contribution in [0.25, 0.3) is 20.3 Å². The SMILES string of the molecule is COC(=O)Cn1c(=NC(=O)c2sc3ccccc3c2Cl)sc2cc(C)cc(C)c21. The largest absolute Gasteiger partial charge is 0.468 e. The monoisotopic (exact) mass is 444 g/mol. The molecule has 0 saturated heterocycles. The van der Waals surface area contributed by atoms with Gasteiger partial charge in [0.05, 0.1) is 22.3 Å². The molecular formula is C21H17ClN2O3S2. The quantitative estimate of drug-likeness (QED) is 0.413. The van der Waals surface area contributed by atoms with Crippen molar-refractivity contribution in [2.45, 2.75) is 20.4 Å². The third kappa shape index (κ3) is 3.61. The van der Waals surface area contributed by atoms with Gasteiger partial charge in [-0.15, -0.1) is 11.3 Å². The molecule has 2 aromatic carbocycles. The third-order valence-electron chi connectivity index (χ3n) is 4.55. The summed E-state index contributed by atoms with van der Waals surface area (Å²) in [5.41, 5.74) is 2.99. The van der Waals surface area contributed by atoms with Gasteiger partial charge < -0.3 is 9.30 Å². The average molecular weight is 445 g/mol. The van der Waals surface area contributed by atoms with Gasteiger partial charge in [-0.3, -0.25) is 9.59 Å². The molecule has 8 heteroatoms. The molecule has 2 heterocycles. The molecule has 0 unspecified atom stereocenters. The van der Waals surface area contributed by atoms with Gasteiger partial charge in [-0.2, -0.15) is 4.99 Å². The minimum atomic E-state index is -0.421. The number of amides is 1. The lowest BCUT2D eigenvalue weighted by molar-refractivity contribution is -0.141. The average Bonchev–Trinajstić information content (AvgIpc) is 3.19. The Morgan fingerprint density at radius 2 is 1.90 bits per heavy atom. The minimum Gasteiger partial charge on any atom is -0.468 e. The van der Waals surface area contributed by atoms with Crippen molar-refractivity contribution in [3.8, 4) is 0 Å². The second kappa shape index (κ2) is 7.74. The predicted molar refractivity (Wildman–Crippen MR) is 118 cm³/mol. The highest BCUT2D eigenvalue weighted by Crippen LogP contribution is 2.35. The van der Waals surface area contributed by atoms with Crippen LogP contribution >= 0.6 is 34.3 Å². The van der Waals surface area contributed by atoms with Crippen LogP contribution in [-0.4, -0.2) is 23.6 Å². The molecule has 0 atom stereocenters. The van der Waals surface area contributed by atoms with Crippen molar-refractivity contribution in [1.29, 1.82) is 0 Å². The highest BCUT2D eigenvalue weighted by molar-refractivity contribution is 7.21. The van der Waals surface area contributed by atoms with E-state index in [1.807, 2.05) is 50.2 Å². The van der Waals surface area contributed by atoms with Crippen LogP contribution in [0.15, 0.2) is 41.4 Å². The standard InChI is InChI=1S/C21H17ClN2O3S2/c1-11-8-12(2)18-15(9-11)29-21(24(18)10-16(25)27-3)23-20(26)19-17(22)13-6-4-5-7-14(13)28-19/h4-9H,10H2,1-3H3. The molecular weight excluding hydrogens is 428 g/mol. The van der Waals surface area contributed by atoms with Gasteiger partial charge in [-0.05, 0) is 37.1 Å². The zero-order valence-electron chi connectivity index (χ0n) is 16.0. The van der Waals surface area contributed by atoms with Gasteiger partial charge in [0.2, 0.25) is 0 Å². The highest BCUT2D eigenvalue weighted by Gasteiger charge is 2.18. The first kappa shape index (κ1) is 19.8. The number of methoxy groups -OCH3 is 1. The highest BCUT2D eigenvalue weighted by atomic mass is 35.5. The number of esters is 1. The Morgan fingerprint density at radius 1 is 1.14 bits per heavy atom. The van der Waals surface area contributed by atoms with Gasteiger partial charge in [0, 0.05) is 10.1 Å². The Labute approximate surface area is 179 Å². The first-order valence-corrected chi connectivity index (χ1v) is 10.8. The van der Waals surface area contributed by atoms with Crippen LogP contribution in [0.3, 0.4) is 0 Å². The maximum Gasteiger partial charge on any atom is 0.325 e. The number of carbonyl (C=O) groups is 2. The fraction of sp³-hybridized carbons (Fsp3) is 0.190. The van der Waals surface area contributed by atoms with E-state index >= 15 is 0 Å². The van der Waals surface area contributed by atoms with Crippen LogP contribution in [0.1, 0.15) is 20.8 Å². The normalized spacial score (nSPS) is 12.1. The topological polar surface area (TPSA) is 60.7 Å².